The minimum absolute atomic E-state index is 0.0200. The Labute approximate surface area is 148 Å². The molecule has 2 aliphatic rings. The number of rotatable bonds is 5. The van der Waals surface area contributed by atoms with Crippen molar-refractivity contribution in [2.45, 2.75) is 58.0 Å². The van der Waals surface area contributed by atoms with Crippen molar-refractivity contribution in [3.05, 3.63) is 22.6 Å². The Morgan fingerprint density at radius 1 is 1.20 bits per heavy atom. The maximum atomic E-state index is 12.5. The molecule has 1 amide bonds. The summed E-state index contributed by atoms with van der Waals surface area (Å²) in [5.74, 6) is 0.768. The molecule has 6 nitrogen and oxygen atoms in total. The highest BCUT2D eigenvalue weighted by atomic mass is 16.3. The summed E-state index contributed by atoms with van der Waals surface area (Å²) in [6.45, 7) is 4.49. The van der Waals surface area contributed by atoms with Gasteiger partial charge < -0.3 is 19.7 Å². The van der Waals surface area contributed by atoms with Crippen molar-refractivity contribution in [1.29, 1.82) is 0 Å². The van der Waals surface area contributed by atoms with Gasteiger partial charge in [-0.2, -0.15) is 0 Å². The number of fused-ring (bicyclic) bond motifs is 1. The van der Waals surface area contributed by atoms with Gasteiger partial charge in [-0.15, -0.1) is 0 Å². The van der Waals surface area contributed by atoms with Crippen LogP contribution >= 0.6 is 0 Å². The molecule has 0 radical (unpaired) electrons. The molecule has 2 N–H and O–H groups in total. The quantitative estimate of drug-likeness (QED) is 0.851. The van der Waals surface area contributed by atoms with Gasteiger partial charge in [-0.3, -0.25) is 9.59 Å². The second-order valence-corrected chi connectivity index (χ2v) is 7.19. The molecule has 3 rings (SSSR count). The van der Waals surface area contributed by atoms with Crippen LogP contribution in [0.15, 0.2) is 4.42 Å². The van der Waals surface area contributed by atoms with Crippen LogP contribution in [-0.4, -0.2) is 54.0 Å². The number of furan rings is 1. The van der Waals surface area contributed by atoms with E-state index < -0.39 is 6.10 Å². The third-order valence-corrected chi connectivity index (χ3v) is 5.14. The Bertz CT molecular complexity index is 630. The summed E-state index contributed by atoms with van der Waals surface area (Å²) in [6, 6.07) is 0. The van der Waals surface area contributed by atoms with Gasteiger partial charge in [-0.05, 0) is 39.3 Å². The molecule has 1 aliphatic heterocycles. The van der Waals surface area contributed by atoms with E-state index in [0.717, 1.165) is 19.5 Å². The number of carbonyl (C=O) groups is 2. The standard InChI is InChI=1S/C19H28N2O4/c1-13-17(18-15(23)7-6-8-16(18)25-13)19(24)20-11-14(22)12-21-9-4-2-3-5-10-21/h14,22H,2-12H2,1H3,(H,20,24)/t14-/m0/s1. The van der Waals surface area contributed by atoms with Gasteiger partial charge in [0.1, 0.15) is 11.5 Å². The second-order valence-electron chi connectivity index (χ2n) is 7.19. The van der Waals surface area contributed by atoms with Crippen LogP contribution in [0.5, 0.6) is 0 Å². The second kappa shape index (κ2) is 8.15. The van der Waals surface area contributed by atoms with E-state index in [9.17, 15) is 14.7 Å². The predicted octanol–water partition coefficient (Wildman–Crippen LogP) is 2.07. The molecule has 6 heteroatoms. The number of Topliss-reactive ketones (excluding diaryl/α,β-unsaturated/α-hetero) is 1. The van der Waals surface area contributed by atoms with Crippen molar-refractivity contribution < 1.29 is 19.1 Å². The number of aliphatic hydroxyl groups excluding tert-OH is 1. The van der Waals surface area contributed by atoms with Gasteiger partial charge in [0.05, 0.1) is 17.2 Å². The van der Waals surface area contributed by atoms with Crippen molar-refractivity contribution in [1.82, 2.24) is 10.2 Å². The first-order chi connectivity index (χ1) is 12.1. The molecule has 2 heterocycles. The van der Waals surface area contributed by atoms with E-state index in [1.165, 1.54) is 25.7 Å². The number of hydrogen-bond donors (Lipinski definition) is 2. The summed E-state index contributed by atoms with van der Waals surface area (Å²) in [5.41, 5.74) is 0.796. The monoisotopic (exact) mass is 348 g/mol. The molecule has 1 aromatic rings. The zero-order valence-corrected chi connectivity index (χ0v) is 15.0. The first-order valence-corrected chi connectivity index (χ1v) is 9.40. The van der Waals surface area contributed by atoms with E-state index in [-0.39, 0.29) is 18.2 Å². The number of nitrogens with one attached hydrogen (secondary N) is 1. The molecule has 0 saturated carbocycles. The molecule has 0 bridgehead atoms. The van der Waals surface area contributed by atoms with Crippen LogP contribution in [0.1, 0.15) is 70.8 Å². The van der Waals surface area contributed by atoms with E-state index in [1.54, 1.807) is 6.92 Å². The molecule has 1 aromatic heterocycles. The lowest BCUT2D eigenvalue weighted by Gasteiger charge is -2.23. The molecular formula is C19H28N2O4. The van der Waals surface area contributed by atoms with Gasteiger partial charge in [0.15, 0.2) is 5.78 Å². The molecule has 0 unspecified atom stereocenters. The zero-order valence-electron chi connectivity index (χ0n) is 15.0. The molecule has 138 valence electrons. The minimum atomic E-state index is -0.610. The molecular weight excluding hydrogens is 320 g/mol. The van der Waals surface area contributed by atoms with Gasteiger partial charge in [0.25, 0.3) is 5.91 Å². The Balaban J connectivity index is 1.57. The van der Waals surface area contributed by atoms with Crippen LogP contribution in [0, 0.1) is 6.92 Å². The Morgan fingerprint density at radius 2 is 1.92 bits per heavy atom. The van der Waals surface area contributed by atoms with Crippen molar-refractivity contribution in [3.63, 3.8) is 0 Å². The van der Waals surface area contributed by atoms with Gasteiger partial charge in [0.2, 0.25) is 0 Å². The van der Waals surface area contributed by atoms with Crippen LogP contribution in [0.4, 0.5) is 0 Å². The fourth-order valence-corrected chi connectivity index (χ4v) is 3.86. The topological polar surface area (TPSA) is 82.8 Å². The Morgan fingerprint density at radius 3 is 2.64 bits per heavy atom. The van der Waals surface area contributed by atoms with Crippen LogP contribution in [0.3, 0.4) is 0 Å². The van der Waals surface area contributed by atoms with Crippen molar-refractivity contribution >= 4 is 11.7 Å². The molecule has 0 aromatic carbocycles. The normalized spacial score (nSPS) is 20.0. The lowest BCUT2D eigenvalue weighted by atomic mass is 9.93. The summed E-state index contributed by atoms with van der Waals surface area (Å²) in [6.07, 6.45) is 6.17. The molecule has 1 fully saturated rings. The van der Waals surface area contributed by atoms with Gasteiger partial charge in [-0.1, -0.05) is 12.8 Å². The third kappa shape index (κ3) is 4.30. The van der Waals surface area contributed by atoms with Gasteiger partial charge in [0, 0.05) is 25.9 Å². The summed E-state index contributed by atoms with van der Waals surface area (Å²) < 4.78 is 5.62. The van der Waals surface area contributed by atoms with Crippen LogP contribution < -0.4 is 5.32 Å². The van der Waals surface area contributed by atoms with Crippen molar-refractivity contribution in [3.8, 4) is 0 Å². The lowest BCUT2D eigenvalue weighted by Crippen LogP contribution is -2.40. The summed E-state index contributed by atoms with van der Waals surface area (Å²) >= 11 is 0. The fraction of sp³-hybridized carbons (Fsp3) is 0.684. The molecule has 1 atom stereocenters. The zero-order chi connectivity index (χ0) is 17.8. The first-order valence-electron chi connectivity index (χ1n) is 9.40. The highest BCUT2D eigenvalue weighted by molar-refractivity contribution is 6.09. The van der Waals surface area contributed by atoms with E-state index in [4.69, 9.17) is 4.42 Å². The number of aliphatic hydroxyl groups is 1. The van der Waals surface area contributed by atoms with Gasteiger partial charge in [-0.25, -0.2) is 0 Å². The average Bonchev–Trinajstić information content (AvgIpc) is 2.75. The number of nitrogens with zero attached hydrogens (tertiary/aromatic N) is 1. The third-order valence-electron chi connectivity index (χ3n) is 5.14. The number of hydrogen-bond acceptors (Lipinski definition) is 5. The van der Waals surface area contributed by atoms with Gasteiger partial charge >= 0.3 is 0 Å². The highest BCUT2D eigenvalue weighted by Gasteiger charge is 2.30. The summed E-state index contributed by atoms with van der Waals surface area (Å²) in [4.78, 5) is 27.0. The number of carbonyl (C=O) groups excluding carboxylic acids is 2. The number of β-amino-alcohol motifs (C(OH)–C–C–N with tert-alkyl or cyclic N) is 1. The summed E-state index contributed by atoms with van der Waals surface area (Å²) in [7, 11) is 0. The van der Waals surface area contributed by atoms with Crippen molar-refractivity contribution in [2.24, 2.45) is 0 Å². The maximum Gasteiger partial charge on any atom is 0.255 e. The number of likely N-dealkylation sites (tertiary alicyclic amines) is 1. The SMILES string of the molecule is Cc1oc2c(c1C(=O)NC[C@H](O)CN1CCCCCC1)C(=O)CCC2. The molecule has 1 saturated heterocycles. The number of amides is 1. The maximum absolute atomic E-state index is 12.5. The van der Waals surface area contributed by atoms with Crippen molar-refractivity contribution in [2.75, 3.05) is 26.2 Å². The first kappa shape index (κ1) is 18.1. The Kier molecular flexibility index (Phi) is 5.91. The molecule has 1 aliphatic carbocycles. The summed E-state index contributed by atoms with van der Waals surface area (Å²) in [5, 5.41) is 13.0. The van der Waals surface area contributed by atoms with Crippen LogP contribution in [0.2, 0.25) is 0 Å². The predicted molar refractivity (Wildman–Crippen MR) is 94.0 cm³/mol. The van der Waals surface area contributed by atoms with Crippen LogP contribution in [0.25, 0.3) is 0 Å². The van der Waals surface area contributed by atoms with E-state index >= 15 is 0 Å². The smallest absolute Gasteiger partial charge is 0.255 e. The lowest BCUT2D eigenvalue weighted by molar-refractivity contribution is 0.0855. The van der Waals surface area contributed by atoms with E-state index in [1.807, 2.05) is 0 Å². The molecule has 25 heavy (non-hydrogen) atoms. The highest BCUT2D eigenvalue weighted by Crippen LogP contribution is 2.29. The number of ketones is 1. The number of aryl methyl sites for hydroxylation is 2. The largest absolute Gasteiger partial charge is 0.465 e. The van der Waals surface area contributed by atoms with Crippen LogP contribution in [-0.2, 0) is 6.42 Å². The molecule has 0 spiro atoms. The minimum Gasteiger partial charge on any atom is -0.465 e. The van der Waals surface area contributed by atoms with E-state index in [0.29, 0.717) is 42.0 Å². The average molecular weight is 348 g/mol. The van der Waals surface area contributed by atoms with E-state index in [2.05, 4.69) is 10.2 Å². The Hall–Kier alpha value is -1.66. The fourth-order valence-electron chi connectivity index (χ4n) is 3.86.